The Labute approximate surface area is 94.2 Å². The summed E-state index contributed by atoms with van der Waals surface area (Å²) in [5.41, 5.74) is 6.04. The third-order valence-corrected chi connectivity index (χ3v) is 4.38. The molecule has 0 aromatic heterocycles. The van der Waals surface area contributed by atoms with E-state index in [2.05, 4.69) is 18.7 Å². The standard InChI is InChI=1S/C13H26N2/c1-10-3-4-12(7-10)9-15-6-5-13(14)11(2)8-15/h10-13H,3-9,14H2,1-2H3. The molecule has 4 unspecified atom stereocenters. The summed E-state index contributed by atoms with van der Waals surface area (Å²) in [6.45, 7) is 8.49. The molecule has 1 heterocycles. The van der Waals surface area contributed by atoms with Gasteiger partial charge in [-0.05, 0) is 43.6 Å². The van der Waals surface area contributed by atoms with E-state index in [4.69, 9.17) is 5.73 Å². The van der Waals surface area contributed by atoms with Crippen LogP contribution in [-0.4, -0.2) is 30.6 Å². The second kappa shape index (κ2) is 4.84. The minimum Gasteiger partial charge on any atom is -0.327 e. The smallest absolute Gasteiger partial charge is 0.00889 e. The van der Waals surface area contributed by atoms with Gasteiger partial charge in [0.05, 0.1) is 0 Å². The van der Waals surface area contributed by atoms with Crippen LogP contribution in [0, 0.1) is 17.8 Å². The fourth-order valence-corrected chi connectivity index (χ4v) is 3.27. The van der Waals surface area contributed by atoms with Crippen LogP contribution in [0.15, 0.2) is 0 Å². The number of piperidine rings is 1. The van der Waals surface area contributed by atoms with Crippen molar-refractivity contribution in [3.05, 3.63) is 0 Å². The van der Waals surface area contributed by atoms with Crippen LogP contribution in [0.4, 0.5) is 0 Å². The fourth-order valence-electron chi connectivity index (χ4n) is 3.27. The molecule has 0 amide bonds. The predicted octanol–water partition coefficient (Wildman–Crippen LogP) is 2.09. The summed E-state index contributed by atoms with van der Waals surface area (Å²) < 4.78 is 0. The highest BCUT2D eigenvalue weighted by molar-refractivity contribution is 4.83. The molecule has 2 rings (SSSR count). The largest absolute Gasteiger partial charge is 0.327 e. The number of likely N-dealkylation sites (tertiary alicyclic amines) is 1. The zero-order chi connectivity index (χ0) is 10.8. The monoisotopic (exact) mass is 210 g/mol. The lowest BCUT2D eigenvalue weighted by Crippen LogP contribution is -2.47. The molecule has 1 aliphatic carbocycles. The van der Waals surface area contributed by atoms with E-state index in [-0.39, 0.29) is 0 Å². The Kier molecular flexibility index (Phi) is 3.68. The zero-order valence-electron chi connectivity index (χ0n) is 10.3. The molecule has 2 aliphatic rings. The molecule has 1 aliphatic heterocycles. The van der Waals surface area contributed by atoms with Crippen LogP contribution in [0.3, 0.4) is 0 Å². The van der Waals surface area contributed by atoms with Gasteiger partial charge in [0.15, 0.2) is 0 Å². The Morgan fingerprint density at radius 3 is 2.60 bits per heavy atom. The van der Waals surface area contributed by atoms with Gasteiger partial charge >= 0.3 is 0 Å². The summed E-state index contributed by atoms with van der Waals surface area (Å²) in [5, 5.41) is 0. The molecule has 0 radical (unpaired) electrons. The fraction of sp³-hybridized carbons (Fsp3) is 1.00. The number of hydrogen-bond donors (Lipinski definition) is 1. The maximum absolute atomic E-state index is 6.04. The van der Waals surface area contributed by atoms with E-state index in [9.17, 15) is 0 Å². The van der Waals surface area contributed by atoms with Crippen molar-refractivity contribution in [1.29, 1.82) is 0 Å². The van der Waals surface area contributed by atoms with Crippen LogP contribution >= 0.6 is 0 Å². The lowest BCUT2D eigenvalue weighted by atomic mass is 9.93. The Morgan fingerprint density at radius 2 is 2.00 bits per heavy atom. The maximum Gasteiger partial charge on any atom is 0.00889 e. The molecular weight excluding hydrogens is 184 g/mol. The number of nitrogens with two attached hydrogens (primary N) is 1. The van der Waals surface area contributed by atoms with Crippen molar-refractivity contribution in [3.8, 4) is 0 Å². The highest BCUT2D eigenvalue weighted by atomic mass is 15.1. The lowest BCUT2D eigenvalue weighted by molar-refractivity contribution is 0.143. The summed E-state index contributed by atoms with van der Waals surface area (Å²) >= 11 is 0. The van der Waals surface area contributed by atoms with E-state index >= 15 is 0 Å². The van der Waals surface area contributed by atoms with Gasteiger partial charge in [-0.25, -0.2) is 0 Å². The normalized spacial score (nSPS) is 43.4. The Morgan fingerprint density at radius 1 is 1.20 bits per heavy atom. The van der Waals surface area contributed by atoms with Crippen LogP contribution in [0.2, 0.25) is 0 Å². The van der Waals surface area contributed by atoms with Crippen molar-refractivity contribution in [2.75, 3.05) is 19.6 Å². The molecule has 1 saturated heterocycles. The van der Waals surface area contributed by atoms with Crippen molar-refractivity contribution in [2.24, 2.45) is 23.5 Å². The number of nitrogens with zero attached hydrogens (tertiary/aromatic N) is 1. The Bertz CT molecular complexity index is 205. The predicted molar refractivity (Wildman–Crippen MR) is 64.7 cm³/mol. The SMILES string of the molecule is CC1CCC(CN2CCC(N)C(C)C2)C1. The molecule has 2 fully saturated rings. The van der Waals surface area contributed by atoms with E-state index < -0.39 is 0 Å². The van der Waals surface area contributed by atoms with Gasteiger partial charge in [-0.2, -0.15) is 0 Å². The van der Waals surface area contributed by atoms with E-state index in [1.54, 1.807) is 0 Å². The highest BCUT2D eigenvalue weighted by Crippen LogP contribution is 2.31. The first kappa shape index (κ1) is 11.4. The minimum absolute atomic E-state index is 0.448. The highest BCUT2D eigenvalue weighted by Gasteiger charge is 2.27. The summed E-state index contributed by atoms with van der Waals surface area (Å²) in [5.74, 6) is 2.64. The minimum atomic E-state index is 0.448. The number of hydrogen-bond acceptors (Lipinski definition) is 2. The van der Waals surface area contributed by atoms with Crippen molar-refractivity contribution in [2.45, 2.75) is 45.6 Å². The molecule has 4 atom stereocenters. The second-order valence-corrected chi connectivity index (χ2v) is 5.97. The van der Waals surface area contributed by atoms with Gasteiger partial charge in [0.2, 0.25) is 0 Å². The topological polar surface area (TPSA) is 29.3 Å². The van der Waals surface area contributed by atoms with E-state index in [0.29, 0.717) is 12.0 Å². The maximum atomic E-state index is 6.04. The summed E-state index contributed by atoms with van der Waals surface area (Å²) in [6.07, 6.45) is 5.56. The van der Waals surface area contributed by atoms with Crippen LogP contribution in [0.25, 0.3) is 0 Å². The van der Waals surface area contributed by atoms with E-state index in [1.807, 2.05) is 0 Å². The zero-order valence-corrected chi connectivity index (χ0v) is 10.3. The Hall–Kier alpha value is -0.0800. The third kappa shape index (κ3) is 2.94. The Balaban J connectivity index is 1.75. The van der Waals surface area contributed by atoms with Crippen molar-refractivity contribution < 1.29 is 0 Å². The van der Waals surface area contributed by atoms with Gasteiger partial charge in [0.1, 0.15) is 0 Å². The lowest BCUT2D eigenvalue weighted by Gasteiger charge is -2.36. The summed E-state index contributed by atoms with van der Waals surface area (Å²) in [6, 6.07) is 0.448. The average Bonchev–Trinajstić information content (AvgIpc) is 2.58. The second-order valence-electron chi connectivity index (χ2n) is 5.97. The molecular formula is C13H26N2. The number of rotatable bonds is 2. The van der Waals surface area contributed by atoms with Gasteiger partial charge in [-0.3, -0.25) is 0 Å². The van der Waals surface area contributed by atoms with Gasteiger partial charge < -0.3 is 10.6 Å². The van der Waals surface area contributed by atoms with Crippen LogP contribution < -0.4 is 5.73 Å². The summed E-state index contributed by atoms with van der Waals surface area (Å²) in [7, 11) is 0. The molecule has 0 aromatic rings. The quantitative estimate of drug-likeness (QED) is 0.756. The van der Waals surface area contributed by atoms with E-state index in [1.165, 1.54) is 45.3 Å². The van der Waals surface area contributed by atoms with Crippen LogP contribution in [0.1, 0.15) is 39.5 Å². The molecule has 2 heteroatoms. The van der Waals surface area contributed by atoms with Crippen LogP contribution in [-0.2, 0) is 0 Å². The van der Waals surface area contributed by atoms with Gasteiger partial charge in [0, 0.05) is 19.1 Å². The van der Waals surface area contributed by atoms with Gasteiger partial charge in [-0.15, -0.1) is 0 Å². The average molecular weight is 210 g/mol. The molecule has 2 nitrogen and oxygen atoms in total. The molecule has 2 N–H and O–H groups in total. The van der Waals surface area contributed by atoms with Crippen LogP contribution in [0.5, 0.6) is 0 Å². The third-order valence-electron chi connectivity index (χ3n) is 4.38. The molecule has 0 bridgehead atoms. The van der Waals surface area contributed by atoms with E-state index in [0.717, 1.165) is 11.8 Å². The van der Waals surface area contributed by atoms with Gasteiger partial charge in [0.25, 0.3) is 0 Å². The molecule has 1 saturated carbocycles. The van der Waals surface area contributed by atoms with Gasteiger partial charge in [-0.1, -0.05) is 20.3 Å². The first-order chi connectivity index (χ1) is 7.15. The molecule has 15 heavy (non-hydrogen) atoms. The summed E-state index contributed by atoms with van der Waals surface area (Å²) in [4.78, 5) is 2.65. The van der Waals surface area contributed by atoms with Crippen molar-refractivity contribution >= 4 is 0 Å². The van der Waals surface area contributed by atoms with Crippen molar-refractivity contribution in [3.63, 3.8) is 0 Å². The van der Waals surface area contributed by atoms with Crippen molar-refractivity contribution in [1.82, 2.24) is 4.90 Å². The molecule has 0 aromatic carbocycles. The molecule has 0 spiro atoms. The first-order valence-electron chi connectivity index (χ1n) is 6.63. The first-order valence-corrected chi connectivity index (χ1v) is 6.63. The molecule has 88 valence electrons.